The maximum atomic E-state index is 14.5. The van der Waals surface area contributed by atoms with Crippen LogP contribution < -0.4 is 0 Å². The molecule has 5 rings (SSSR count). The molecule has 11 heteroatoms. The number of aliphatic hydroxyl groups excluding tert-OH is 1. The minimum Gasteiger partial charge on any atom is -0.396 e. The van der Waals surface area contributed by atoms with Crippen LogP contribution >= 0.6 is 0 Å². The van der Waals surface area contributed by atoms with Crippen molar-refractivity contribution in [2.45, 2.75) is 50.6 Å². The summed E-state index contributed by atoms with van der Waals surface area (Å²) in [6.45, 7) is 12.2. The van der Waals surface area contributed by atoms with E-state index in [0.717, 1.165) is 5.52 Å². The molecule has 0 saturated carbocycles. The van der Waals surface area contributed by atoms with Gasteiger partial charge in [-0.15, -0.1) is 18.3 Å². The van der Waals surface area contributed by atoms with Crippen LogP contribution in [0.2, 0.25) is 0 Å². The Labute approximate surface area is 234 Å². The van der Waals surface area contributed by atoms with Crippen molar-refractivity contribution in [2.75, 3.05) is 33.3 Å². The van der Waals surface area contributed by atoms with Crippen molar-refractivity contribution < 1.29 is 24.2 Å². The third kappa shape index (κ3) is 4.05. The Morgan fingerprint density at radius 3 is 2.65 bits per heavy atom. The second kappa shape index (κ2) is 10.4. The van der Waals surface area contributed by atoms with Crippen LogP contribution in [0.1, 0.15) is 26.7 Å². The lowest BCUT2D eigenvalue weighted by Crippen LogP contribution is -2.57. The van der Waals surface area contributed by atoms with E-state index in [1.165, 1.54) is 4.90 Å². The van der Waals surface area contributed by atoms with Crippen LogP contribution in [0.4, 0.5) is 0 Å². The minimum atomic E-state index is -1.17. The Balaban J connectivity index is 1.56. The molecule has 2 aromatic rings. The first-order valence-electron chi connectivity index (χ1n) is 13.8. The van der Waals surface area contributed by atoms with Gasteiger partial charge in [0.1, 0.15) is 23.8 Å². The first-order valence-corrected chi connectivity index (χ1v) is 13.8. The van der Waals surface area contributed by atoms with Gasteiger partial charge in [-0.3, -0.25) is 14.4 Å². The molecule has 0 radical (unpaired) electrons. The fraction of sp³-hybridized carbons (Fsp3) is 0.552. The number of hydrogen-bond acceptors (Lipinski definition) is 7. The number of para-hydroxylation sites is 1. The molecular weight excluding hydrogens is 512 g/mol. The van der Waals surface area contributed by atoms with Gasteiger partial charge in [0, 0.05) is 33.3 Å². The van der Waals surface area contributed by atoms with Crippen LogP contribution in [-0.4, -0.2) is 103 Å². The molecule has 3 aliphatic heterocycles. The average molecular weight is 551 g/mol. The highest BCUT2D eigenvalue weighted by Gasteiger charge is 2.80. The number of nitrogens with zero attached hydrogens (tertiary/aromatic N) is 6. The van der Waals surface area contributed by atoms with Crippen LogP contribution in [0.5, 0.6) is 0 Å². The van der Waals surface area contributed by atoms with Gasteiger partial charge >= 0.3 is 0 Å². The highest BCUT2D eigenvalue weighted by molar-refractivity contribution is 5.99. The van der Waals surface area contributed by atoms with Crippen LogP contribution in [0.15, 0.2) is 49.6 Å². The van der Waals surface area contributed by atoms with Crippen molar-refractivity contribution in [3.63, 3.8) is 0 Å². The minimum absolute atomic E-state index is 0.0668. The van der Waals surface area contributed by atoms with Crippen molar-refractivity contribution >= 4 is 28.8 Å². The van der Waals surface area contributed by atoms with E-state index in [-0.39, 0.29) is 50.0 Å². The zero-order valence-electron chi connectivity index (χ0n) is 23.4. The lowest BCUT2D eigenvalue weighted by molar-refractivity contribution is -0.155. The fourth-order valence-electron chi connectivity index (χ4n) is 7.13. The largest absolute Gasteiger partial charge is 0.396 e. The Morgan fingerprint density at radius 1 is 1.23 bits per heavy atom. The molecular formula is C29H38N6O5. The monoisotopic (exact) mass is 550 g/mol. The number of rotatable bonds is 11. The summed E-state index contributed by atoms with van der Waals surface area (Å²) < 4.78 is 8.43. The predicted octanol–water partition coefficient (Wildman–Crippen LogP) is 1.44. The van der Waals surface area contributed by atoms with Gasteiger partial charge in [0.15, 0.2) is 0 Å². The molecule has 3 saturated heterocycles. The highest BCUT2D eigenvalue weighted by Crippen LogP contribution is 2.65. The Morgan fingerprint density at radius 2 is 1.95 bits per heavy atom. The SMILES string of the molecule is C=CCN(C)C(=O)[C@@H]1[C@H]2C(=O)N(CCCO)C(C(=O)N(CC=C)Cn3nnc4ccccc43)C23CC(C)[C@@]1(C)O3. The zero-order valence-corrected chi connectivity index (χ0v) is 23.4. The quantitative estimate of drug-likeness (QED) is 0.420. The van der Waals surface area contributed by atoms with E-state index in [9.17, 15) is 19.5 Å². The molecule has 3 aliphatic rings. The summed E-state index contributed by atoms with van der Waals surface area (Å²) in [4.78, 5) is 47.2. The summed E-state index contributed by atoms with van der Waals surface area (Å²) in [5.74, 6) is -2.40. The van der Waals surface area contributed by atoms with E-state index in [1.807, 2.05) is 38.1 Å². The van der Waals surface area contributed by atoms with Gasteiger partial charge in [0.25, 0.3) is 0 Å². The van der Waals surface area contributed by atoms with Crippen molar-refractivity contribution in [3.8, 4) is 0 Å². The van der Waals surface area contributed by atoms with Gasteiger partial charge < -0.3 is 24.5 Å². The summed E-state index contributed by atoms with van der Waals surface area (Å²) in [6, 6.07) is 6.52. The van der Waals surface area contributed by atoms with Crippen LogP contribution in [-0.2, 0) is 25.8 Å². The van der Waals surface area contributed by atoms with Gasteiger partial charge in [-0.25, -0.2) is 4.68 Å². The van der Waals surface area contributed by atoms with E-state index in [2.05, 4.69) is 23.5 Å². The standard InChI is InChI=1S/C29H38N6O5/c1-6-13-32(5)25(37)22-23-26(38)34(15-10-16-36)24(29(23)17-19(3)28(22,4)40-29)27(39)33(14-7-2)18-35-21-12-9-8-11-20(21)30-31-35/h6-9,11-12,19,22-24,36H,1-2,10,13-18H2,3-5H3/t19?,22-,23-,24?,28+,29?/m0/s1. The molecule has 4 heterocycles. The molecule has 2 bridgehead atoms. The van der Waals surface area contributed by atoms with Crippen LogP contribution in [0.25, 0.3) is 11.0 Å². The fourth-order valence-corrected chi connectivity index (χ4v) is 7.13. The summed E-state index contributed by atoms with van der Waals surface area (Å²) in [5.41, 5.74) is -0.594. The number of hydrogen-bond donors (Lipinski definition) is 1. The summed E-state index contributed by atoms with van der Waals surface area (Å²) in [5, 5.41) is 18.1. The van der Waals surface area contributed by atoms with Gasteiger partial charge in [-0.2, -0.15) is 0 Å². The normalized spacial score (nSPS) is 30.5. The summed E-state index contributed by atoms with van der Waals surface area (Å²) in [7, 11) is 1.69. The van der Waals surface area contributed by atoms with Gasteiger partial charge in [0.2, 0.25) is 17.7 Å². The molecule has 214 valence electrons. The topological polar surface area (TPSA) is 121 Å². The highest BCUT2D eigenvalue weighted by atomic mass is 16.5. The van der Waals surface area contributed by atoms with Crippen molar-refractivity contribution in [1.29, 1.82) is 0 Å². The van der Waals surface area contributed by atoms with Gasteiger partial charge in [-0.1, -0.05) is 36.4 Å². The second-order valence-corrected chi connectivity index (χ2v) is 11.4. The van der Waals surface area contributed by atoms with E-state index in [0.29, 0.717) is 24.9 Å². The van der Waals surface area contributed by atoms with Crippen LogP contribution in [0.3, 0.4) is 0 Å². The number of likely N-dealkylation sites (N-methyl/N-ethyl adjacent to an activating group) is 1. The Hall–Kier alpha value is -3.57. The van der Waals surface area contributed by atoms with E-state index >= 15 is 0 Å². The van der Waals surface area contributed by atoms with Crippen molar-refractivity contribution in [2.24, 2.45) is 17.8 Å². The molecule has 3 fully saturated rings. The Bertz CT molecular complexity index is 1340. The number of benzene rings is 1. The molecule has 3 unspecified atom stereocenters. The Kier molecular flexibility index (Phi) is 7.30. The molecule has 1 aromatic heterocycles. The first kappa shape index (κ1) is 28.0. The molecule has 1 aromatic carbocycles. The number of fused-ring (bicyclic) bond motifs is 2. The number of carbonyl (C=O) groups is 3. The number of amides is 3. The maximum Gasteiger partial charge on any atom is 0.250 e. The number of likely N-dealkylation sites (tertiary alicyclic amines) is 1. The molecule has 3 amide bonds. The number of ether oxygens (including phenoxy) is 1. The molecule has 40 heavy (non-hydrogen) atoms. The summed E-state index contributed by atoms with van der Waals surface area (Å²) >= 11 is 0. The number of aromatic nitrogens is 3. The molecule has 0 aliphatic carbocycles. The smallest absolute Gasteiger partial charge is 0.250 e. The van der Waals surface area contributed by atoms with E-state index in [1.54, 1.807) is 33.7 Å². The number of aliphatic hydroxyl groups is 1. The summed E-state index contributed by atoms with van der Waals surface area (Å²) in [6.07, 6.45) is 4.05. The average Bonchev–Trinajstić information content (AvgIpc) is 3.60. The maximum absolute atomic E-state index is 14.5. The molecule has 6 atom stereocenters. The lowest BCUT2D eigenvalue weighted by Gasteiger charge is -2.38. The lowest BCUT2D eigenvalue weighted by atomic mass is 9.62. The third-order valence-corrected chi connectivity index (χ3v) is 9.04. The van der Waals surface area contributed by atoms with E-state index < -0.39 is 29.1 Å². The van der Waals surface area contributed by atoms with Crippen LogP contribution in [0, 0.1) is 17.8 Å². The second-order valence-electron chi connectivity index (χ2n) is 11.4. The van der Waals surface area contributed by atoms with Crippen molar-refractivity contribution in [1.82, 2.24) is 29.7 Å². The predicted molar refractivity (Wildman–Crippen MR) is 147 cm³/mol. The van der Waals surface area contributed by atoms with E-state index in [4.69, 9.17) is 4.74 Å². The third-order valence-electron chi connectivity index (χ3n) is 9.04. The first-order chi connectivity index (χ1) is 19.1. The molecule has 11 nitrogen and oxygen atoms in total. The van der Waals surface area contributed by atoms with Gasteiger partial charge in [0.05, 0.1) is 23.0 Å². The zero-order chi connectivity index (χ0) is 28.8. The van der Waals surface area contributed by atoms with Crippen molar-refractivity contribution in [3.05, 3.63) is 49.6 Å². The molecule has 1 spiro atoms. The van der Waals surface area contributed by atoms with Gasteiger partial charge in [-0.05, 0) is 37.8 Å². The number of carbonyl (C=O) groups excluding carboxylic acids is 3. The molecule has 1 N–H and O–H groups in total.